The van der Waals surface area contributed by atoms with Crippen molar-refractivity contribution in [3.63, 3.8) is 0 Å². The Kier molecular flexibility index (Phi) is 9.81. The van der Waals surface area contributed by atoms with E-state index in [0.29, 0.717) is 49.1 Å². The number of anilines is 1. The van der Waals surface area contributed by atoms with Crippen LogP contribution in [0.3, 0.4) is 0 Å². The van der Waals surface area contributed by atoms with Crippen LogP contribution in [0.2, 0.25) is 25.7 Å². The second kappa shape index (κ2) is 13.8. The number of hydrogen-bond donors (Lipinski definition) is 3. The minimum absolute atomic E-state index is 0.0809. The highest BCUT2D eigenvalue weighted by atomic mass is 32.1. The maximum absolute atomic E-state index is 14.3. The summed E-state index contributed by atoms with van der Waals surface area (Å²) in [4.78, 5) is 18.3. The first-order valence-electron chi connectivity index (χ1n) is 15.7. The third-order valence-electron chi connectivity index (χ3n) is 8.26. The lowest BCUT2D eigenvalue weighted by atomic mass is 10.0. The van der Waals surface area contributed by atoms with Gasteiger partial charge in [-0.2, -0.15) is 13.2 Å². The van der Waals surface area contributed by atoms with Gasteiger partial charge in [-0.3, -0.25) is 4.90 Å². The number of nitrogens with zero attached hydrogens (tertiary/aromatic N) is 4. The van der Waals surface area contributed by atoms with E-state index in [1.165, 1.54) is 11.3 Å². The normalized spacial score (nSPS) is 18.4. The molecule has 8 nitrogen and oxygen atoms in total. The van der Waals surface area contributed by atoms with E-state index in [-0.39, 0.29) is 23.8 Å². The lowest BCUT2D eigenvalue weighted by Crippen LogP contribution is -2.48. The topological polar surface area (TPSA) is 99.2 Å². The molecule has 0 amide bonds. The molecule has 4 heterocycles. The number of nitrogens with one attached hydrogen (secondary N) is 2. The molecular weight excluding hydrogens is 642 g/mol. The Morgan fingerprint density at radius 2 is 1.94 bits per heavy atom. The lowest BCUT2D eigenvalue weighted by molar-refractivity contribution is -0.137. The average molecular weight is 681 g/mol. The molecule has 248 valence electrons. The lowest BCUT2D eigenvalue weighted by Gasteiger charge is -2.36. The van der Waals surface area contributed by atoms with Crippen molar-refractivity contribution in [2.24, 2.45) is 0 Å². The molecule has 0 saturated carbocycles. The van der Waals surface area contributed by atoms with Crippen molar-refractivity contribution in [3.05, 3.63) is 94.2 Å². The van der Waals surface area contributed by atoms with Gasteiger partial charge in [0.05, 0.1) is 11.8 Å². The van der Waals surface area contributed by atoms with E-state index in [1.807, 2.05) is 53.9 Å². The second-order valence-corrected chi connectivity index (χ2v) is 19.9. The van der Waals surface area contributed by atoms with Crippen LogP contribution in [-0.4, -0.2) is 69.9 Å². The number of β-amino-alcohol motifs (C(OH)–C–C–N with tert-alkyl or cyclic N) is 1. The molecule has 47 heavy (non-hydrogen) atoms. The van der Waals surface area contributed by atoms with Crippen molar-refractivity contribution in [3.8, 4) is 11.3 Å². The van der Waals surface area contributed by atoms with Gasteiger partial charge in [0.2, 0.25) is 5.95 Å². The molecule has 0 bridgehead atoms. The number of benzene rings is 2. The monoisotopic (exact) mass is 680 g/mol. The number of H-pyrrole nitrogens is 1. The van der Waals surface area contributed by atoms with E-state index >= 15 is 0 Å². The Bertz CT molecular complexity index is 1780. The number of piperidine rings is 1. The van der Waals surface area contributed by atoms with Gasteiger partial charge in [-0.15, -0.1) is 11.3 Å². The molecule has 3 unspecified atom stereocenters. The highest BCUT2D eigenvalue weighted by molar-refractivity contribution is 7.09. The van der Waals surface area contributed by atoms with E-state index in [1.54, 1.807) is 12.4 Å². The summed E-state index contributed by atoms with van der Waals surface area (Å²) in [6.45, 7) is 9.23. The molecule has 13 heteroatoms. The minimum atomic E-state index is -4.66. The zero-order chi connectivity index (χ0) is 33.2. The summed E-state index contributed by atoms with van der Waals surface area (Å²) in [7, 11) is -1.32. The molecule has 1 aliphatic heterocycles. The summed E-state index contributed by atoms with van der Waals surface area (Å²) in [5, 5.41) is 17.1. The fourth-order valence-corrected chi connectivity index (χ4v) is 7.38. The van der Waals surface area contributed by atoms with E-state index < -0.39 is 25.9 Å². The van der Waals surface area contributed by atoms with Crippen molar-refractivity contribution in [2.45, 2.75) is 63.1 Å². The Morgan fingerprint density at radius 3 is 2.66 bits per heavy atom. The molecule has 0 radical (unpaired) electrons. The predicted molar refractivity (Wildman–Crippen MR) is 182 cm³/mol. The number of likely N-dealkylation sites (tertiary alicyclic amines) is 1. The van der Waals surface area contributed by atoms with Crippen LogP contribution in [-0.2, 0) is 17.5 Å². The molecule has 3 atom stereocenters. The second-order valence-electron chi connectivity index (χ2n) is 13.3. The van der Waals surface area contributed by atoms with E-state index in [0.717, 1.165) is 28.4 Å². The number of ether oxygens (including phenoxy) is 1. The maximum Gasteiger partial charge on any atom is 0.419 e. The molecule has 1 saturated heterocycles. The number of thiazole rings is 1. The van der Waals surface area contributed by atoms with Gasteiger partial charge in [-0.1, -0.05) is 62.1 Å². The van der Waals surface area contributed by atoms with Crippen LogP contribution in [0.5, 0.6) is 0 Å². The number of alkyl halides is 3. The summed E-state index contributed by atoms with van der Waals surface area (Å²) < 4.78 is 49.3. The molecule has 0 aliphatic carbocycles. The van der Waals surface area contributed by atoms with Gasteiger partial charge in [0.1, 0.15) is 16.7 Å². The quantitative estimate of drug-likeness (QED) is 0.124. The number of aromatic amines is 1. The molecule has 1 aliphatic rings. The largest absolute Gasteiger partial charge is 0.419 e. The van der Waals surface area contributed by atoms with Gasteiger partial charge >= 0.3 is 6.18 Å². The van der Waals surface area contributed by atoms with Gasteiger partial charge in [0.25, 0.3) is 0 Å². The van der Waals surface area contributed by atoms with Gasteiger partial charge in [0.15, 0.2) is 0 Å². The number of hydrogen-bond acceptors (Lipinski definition) is 8. The van der Waals surface area contributed by atoms with Crippen LogP contribution in [0.25, 0.3) is 22.2 Å². The number of aliphatic hydroxyl groups is 1. The van der Waals surface area contributed by atoms with Crippen LogP contribution >= 0.6 is 11.3 Å². The third kappa shape index (κ3) is 8.27. The number of rotatable bonds is 11. The molecule has 5 aromatic rings. The molecular formula is C34H39F3N6O2SSi. The van der Waals surface area contributed by atoms with Crippen molar-refractivity contribution < 1.29 is 23.0 Å². The number of aliphatic hydroxyl groups excluding tert-OH is 1. The zero-order valence-electron chi connectivity index (χ0n) is 26.6. The maximum atomic E-state index is 14.3. The van der Waals surface area contributed by atoms with Crippen LogP contribution in [0, 0.1) is 0 Å². The van der Waals surface area contributed by atoms with Crippen molar-refractivity contribution >= 4 is 36.3 Å². The summed E-state index contributed by atoms with van der Waals surface area (Å²) >= 11 is 1.51. The SMILES string of the molecule is C[Si](C)(C)CCOC(c1ccc2c(-c3nc(NC4CC(O)CN(Cc5ccccc5)C4)ncc3C(F)(F)F)c[nH]c2c1)c1nccs1. The first-order chi connectivity index (χ1) is 22.4. The summed E-state index contributed by atoms with van der Waals surface area (Å²) in [5.74, 6) is 0.0809. The van der Waals surface area contributed by atoms with Crippen molar-refractivity contribution in [1.29, 1.82) is 0 Å². The van der Waals surface area contributed by atoms with E-state index in [9.17, 15) is 18.3 Å². The van der Waals surface area contributed by atoms with E-state index in [4.69, 9.17) is 4.74 Å². The fourth-order valence-electron chi connectivity index (χ4n) is 5.94. The van der Waals surface area contributed by atoms with Crippen LogP contribution < -0.4 is 5.32 Å². The fraction of sp³-hybridized carbons (Fsp3) is 0.382. The first kappa shape index (κ1) is 33.3. The molecule has 0 spiro atoms. The minimum Gasteiger partial charge on any atom is -0.392 e. The van der Waals surface area contributed by atoms with Crippen LogP contribution in [0.15, 0.2) is 72.5 Å². The number of fused-ring (bicyclic) bond motifs is 1. The number of aromatic nitrogens is 4. The molecule has 3 N–H and O–H groups in total. The first-order valence-corrected chi connectivity index (χ1v) is 20.3. The third-order valence-corrected chi connectivity index (χ3v) is 10.8. The number of halogens is 3. The average Bonchev–Trinajstić information content (AvgIpc) is 3.69. The Hall–Kier alpha value is -3.62. The van der Waals surface area contributed by atoms with E-state index in [2.05, 4.69) is 49.8 Å². The highest BCUT2D eigenvalue weighted by Gasteiger charge is 2.36. The predicted octanol–water partition coefficient (Wildman–Crippen LogP) is 7.59. The van der Waals surface area contributed by atoms with Gasteiger partial charge in [-0.25, -0.2) is 15.0 Å². The Balaban J connectivity index is 1.27. The molecule has 6 rings (SSSR count). The van der Waals surface area contributed by atoms with Crippen molar-refractivity contribution in [1.82, 2.24) is 24.8 Å². The summed E-state index contributed by atoms with van der Waals surface area (Å²) in [5.41, 5.74) is 1.85. The molecule has 2 aromatic carbocycles. The smallest absolute Gasteiger partial charge is 0.392 e. The Morgan fingerprint density at radius 1 is 1.13 bits per heavy atom. The van der Waals surface area contributed by atoms with Gasteiger partial charge in [0, 0.05) is 80.8 Å². The molecule has 3 aromatic heterocycles. The summed E-state index contributed by atoms with van der Waals surface area (Å²) in [6.07, 6.45) is -1.05. The van der Waals surface area contributed by atoms with Crippen LogP contribution in [0.1, 0.15) is 34.2 Å². The zero-order valence-corrected chi connectivity index (χ0v) is 28.4. The van der Waals surface area contributed by atoms with Crippen molar-refractivity contribution in [2.75, 3.05) is 25.0 Å². The molecule has 1 fully saturated rings. The van der Waals surface area contributed by atoms with Crippen LogP contribution in [0.4, 0.5) is 19.1 Å². The highest BCUT2D eigenvalue weighted by Crippen LogP contribution is 2.40. The van der Waals surface area contributed by atoms with Gasteiger partial charge in [-0.05, 0) is 29.7 Å². The standard InChI is InChI=1S/C34H39F3N6O2SSi/c1-47(2,3)14-12-45-31(32-38-11-13-46-32)23-9-10-26-27(17-39-29(26)15-23)30-28(34(35,36)37)18-40-33(42-30)41-24-16-25(44)21-43(20-24)19-22-7-5-4-6-8-22/h4-11,13,15,17-18,24-25,31,39,44H,12,14,16,19-21H2,1-3H3,(H,40,41,42). The Labute approximate surface area is 277 Å². The van der Waals surface area contributed by atoms with Gasteiger partial charge < -0.3 is 20.1 Å². The summed E-state index contributed by atoms with van der Waals surface area (Å²) in [6, 6.07) is 16.3.